The van der Waals surface area contributed by atoms with Crippen molar-refractivity contribution in [3.63, 3.8) is 0 Å². The Labute approximate surface area is 373 Å². The van der Waals surface area contributed by atoms with Crippen LogP contribution in [0.1, 0.15) is 194 Å². The summed E-state index contributed by atoms with van der Waals surface area (Å²) in [5.74, 6) is -0.394. The number of carbonyl (C=O) groups is 1. The molecule has 0 saturated carbocycles. The Bertz CT molecular complexity index is 1110. The Morgan fingerprint density at radius 3 is 1.48 bits per heavy atom. The molecule has 62 heavy (non-hydrogen) atoms. The molecule has 366 valence electrons. The molecule has 0 aromatic carbocycles. The molecule has 2 unspecified atom stereocenters. The van der Waals surface area contributed by atoms with E-state index in [4.69, 9.17) is 14.2 Å². The number of hydrogen-bond acceptors (Lipinski definition) is 13. The number of aliphatic hydroxyl groups excluding tert-OH is 9. The fourth-order valence-electron chi connectivity index (χ4n) is 8.67. The molecular weight excluding hydrogens is 799 g/mol. The topological polar surface area (TPSA) is 239 Å². The minimum Gasteiger partial charge on any atom is -0.394 e. The molecule has 14 heteroatoms. The van der Waals surface area contributed by atoms with Crippen LogP contribution in [0.2, 0.25) is 0 Å². The third-order valence-corrected chi connectivity index (χ3v) is 12.8. The maximum atomic E-state index is 13.3. The van der Waals surface area contributed by atoms with Gasteiger partial charge in [-0.05, 0) is 19.3 Å². The normalized spacial score (nSPS) is 28.3. The molecule has 0 spiro atoms. The van der Waals surface area contributed by atoms with E-state index in [-0.39, 0.29) is 6.42 Å². The van der Waals surface area contributed by atoms with E-state index in [1.54, 1.807) is 0 Å². The van der Waals surface area contributed by atoms with Crippen LogP contribution < -0.4 is 5.32 Å². The summed E-state index contributed by atoms with van der Waals surface area (Å²) in [4.78, 5) is 13.3. The van der Waals surface area contributed by atoms with Crippen molar-refractivity contribution in [3.05, 3.63) is 12.2 Å². The molecular formula is C48H91NO13. The van der Waals surface area contributed by atoms with E-state index in [0.29, 0.717) is 12.8 Å². The quantitative estimate of drug-likeness (QED) is 0.0279. The molecule has 2 rings (SSSR count). The Morgan fingerprint density at radius 1 is 0.565 bits per heavy atom. The fourth-order valence-corrected chi connectivity index (χ4v) is 8.67. The zero-order valence-electron chi connectivity index (χ0n) is 38.5. The molecule has 0 aromatic heterocycles. The number of amides is 1. The summed E-state index contributed by atoms with van der Waals surface area (Å²) in [5.41, 5.74) is 0. The molecule has 2 aliphatic heterocycles. The predicted molar refractivity (Wildman–Crippen MR) is 240 cm³/mol. The van der Waals surface area contributed by atoms with E-state index in [1.165, 1.54) is 128 Å². The van der Waals surface area contributed by atoms with Crippen molar-refractivity contribution >= 4 is 5.91 Å². The summed E-state index contributed by atoms with van der Waals surface area (Å²) in [6.45, 7) is 2.96. The van der Waals surface area contributed by atoms with Gasteiger partial charge in [-0.1, -0.05) is 180 Å². The Morgan fingerprint density at radius 2 is 1.02 bits per heavy atom. The highest BCUT2D eigenvalue weighted by molar-refractivity contribution is 5.76. The van der Waals surface area contributed by atoms with Crippen molar-refractivity contribution in [1.29, 1.82) is 0 Å². The summed E-state index contributed by atoms with van der Waals surface area (Å²) in [7, 11) is 0. The Kier molecular flexibility index (Phi) is 32.1. The highest BCUT2D eigenvalue weighted by Crippen LogP contribution is 2.31. The molecule has 14 nitrogen and oxygen atoms in total. The first-order valence-electron chi connectivity index (χ1n) is 24.9. The van der Waals surface area contributed by atoms with Crippen molar-refractivity contribution in [2.75, 3.05) is 13.2 Å². The molecule has 0 aromatic rings. The van der Waals surface area contributed by atoms with Crippen LogP contribution >= 0.6 is 0 Å². The molecule has 13 atom stereocenters. The van der Waals surface area contributed by atoms with Gasteiger partial charge in [0.05, 0.1) is 25.4 Å². The summed E-state index contributed by atoms with van der Waals surface area (Å²) < 4.78 is 16.9. The molecule has 0 radical (unpaired) electrons. The number of unbranched alkanes of at least 4 members (excludes halogenated alkanes) is 25. The van der Waals surface area contributed by atoms with Crippen molar-refractivity contribution in [2.24, 2.45) is 0 Å². The maximum absolute atomic E-state index is 13.3. The average molecular weight is 890 g/mol. The minimum absolute atomic E-state index is 0.168. The van der Waals surface area contributed by atoms with Gasteiger partial charge in [0.1, 0.15) is 61.0 Å². The van der Waals surface area contributed by atoms with Gasteiger partial charge in [0.25, 0.3) is 0 Å². The van der Waals surface area contributed by atoms with Crippen LogP contribution in [-0.2, 0) is 19.0 Å². The van der Waals surface area contributed by atoms with Gasteiger partial charge < -0.3 is 65.5 Å². The lowest BCUT2D eigenvalue weighted by Gasteiger charge is -2.47. The van der Waals surface area contributed by atoms with Gasteiger partial charge in [-0.25, -0.2) is 0 Å². The van der Waals surface area contributed by atoms with Crippen molar-refractivity contribution in [1.82, 2.24) is 5.32 Å². The zero-order chi connectivity index (χ0) is 45.5. The first kappa shape index (κ1) is 56.9. The van der Waals surface area contributed by atoms with Crippen LogP contribution in [0.5, 0.6) is 0 Å². The van der Waals surface area contributed by atoms with E-state index in [0.717, 1.165) is 38.5 Å². The number of hydrogen-bond donors (Lipinski definition) is 10. The van der Waals surface area contributed by atoms with Crippen molar-refractivity contribution in [3.8, 4) is 0 Å². The monoisotopic (exact) mass is 890 g/mol. The molecule has 0 aliphatic carbocycles. The number of ether oxygens (including phenoxy) is 3. The minimum atomic E-state index is -1.87. The van der Waals surface area contributed by atoms with Crippen molar-refractivity contribution in [2.45, 2.75) is 273 Å². The lowest BCUT2D eigenvalue weighted by atomic mass is 9.87. The second-order valence-corrected chi connectivity index (χ2v) is 18.1. The van der Waals surface area contributed by atoms with Gasteiger partial charge >= 0.3 is 0 Å². The van der Waals surface area contributed by atoms with Crippen LogP contribution in [0, 0.1) is 0 Å². The first-order valence-corrected chi connectivity index (χ1v) is 24.9. The summed E-state index contributed by atoms with van der Waals surface area (Å²) in [6.07, 6.45) is 15.7. The smallest absolute Gasteiger partial charge is 0.220 e. The molecule has 10 N–H and O–H groups in total. The van der Waals surface area contributed by atoms with Crippen LogP contribution in [0.4, 0.5) is 0 Å². The van der Waals surface area contributed by atoms with Crippen LogP contribution in [0.25, 0.3) is 0 Å². The van der Waals surface area contributed by atoms with E-state index in [9.17, 15) is 50.8 Å². The van der Waals surface area contributed by atoms with Crippen LogP contribution in [0.15, 0.2) is 12.2 Å². The number of aliphatic hydroxyl groups is 9. The third kappa shape index (κ3) is 21.8. The summed E-state index contributed by atoms with van der Waals surface area (Å²) in [6, 6.07) is -1.35. The van der Waals surface area contributed by atoms with Crippen LogP contribution in [-0.4, -0.2) is 145 Å². The van der Waals surface area contributed by atoms with Gasteiger partial charge in [-0.3, -0.25) is 4.79 Å². The highest BCUT2D eigenvalue weighted by atomic mass is 16.7. The molecule has 0 bridgehead atoms. The van der Waals surface area contributed by atoms with Gasteiger partial charge in [-0.15, -0.1) is 0 Å². The van der Waals surface area contributed by atoms with E-state index >= 15 is 0 Å². The zero-order valence-corrected chi connectivity index (χ0v) is 38.5. The molecule has 2 heterocycles. The SMILES string of the molecule is CCCCCCCCCCCCC/C=C/[C@@H](O)[C@@H](NC(=O)CCCCCCCCCCCCCCCCC)C(O)C1O[C@H](CO)[C@@H](O[C@@H]2O[C@H](CO)[C@H](O)[C@H](O)[C@H]2O)[C@H](O)[C@H]1O. The van der Waals surface area contributed by atoms with E-state index in [1.807, 2.05) is 6.08 Å². The Balaban J connectivity index is 1.94. The van der Waals surface area contributed by atoms with E-state index in [2.05, 4.69) is 19.2 Å². The lowest BCUT2D eigenvalue weighted by Crippen LogP contribution is -2.68. The molecule has 2 aliphatic rings. The second kappa shape index (κ2) is 35.0. The number of carbonyl (C=O) groups excluding carboxylic acids is 1. The second-order valence-electron chi connectivity index (χ2n) is 18.1. The predicted octanol–water partition coefficient (Wildman–Crippen LogP) is 5.38. The third-order valence-electron chi connectivity index (χ3n) is 12.8. The molecule has 2 fully saturated rings. The Hall–Kier alpha value is -1.27. The average Bonchev–Trinajstić information content (AvgIpc) is 3.27. The summed E-state index contributed by atoms with van der Waals surface area (Å²) in [5, 5.41) is 98.9. The standard InChI is InChI=1S/C48H91NO13/c1-3-5-7-9-11-13-15-17-18-20-22-24-26-28-30-32-38(53)49-39(35(52)31-29-27-25-23-21-19-16-14-12-10-8-6-4-2)41(55)47-44(58)43(57)46(37(34-51)60-47)62-48-45(59)42(56)40(54)36(33-50)61-48/h29,31,35-37,39-48,50-52,54-59H,3-28,30,32-34H2,1-2H3,(H,49,53)/b31-29+/t35-,36-,37-,39-,40+,41?,42+,43-,44-,45-,46-,47?,48+/m1/s1. The van der Waals surface area contributed by atoms with Crippen molar-refractivity contribution < 1.29 is 65.0 Å². The lowest BCUT2D eigenvalue weighted by molar-refractivity contribution is -0.345. The number of rotatable bonds is 37. The fraction of sp³-hybridized carbons (Fsp3) is 0.938. The van der Waals surface area contributed by atoms with Crippen LogP contribution in [0.3, 0.4) is 0 Å². The summed E-state index contributed by atoms with van der Waals surface area (Å²) >= 11 is 0. The van der Waals surface area contributed by atoms with Gasteiger partial charge in [0.15, 0.2) is 6.29 Å². The number of allylic oxidation sites excluding steroid dienone is 1. The van der Waals surface area contributed by atoms with Gasteiger partial charge in [0, 0.05) is 6.42 Å². The maximum Gasteiger partial charge on any atom is 0.220 e. The largest absolute Gasteiger partial charge is 0.394 e. The first-order chi connectivity index (χ1) is 30.0. The number of nitrogens with one attached hydrogen (secondary N) is 1. The molecule has 2 saturated heterocycles. The van der Waals surface area contributed by atoms with E-state index < -0.39 is 98.6 Å². The highest BCUT2D eigenvalue weighted by Gasteiger charge is 2.53. The van der Waals surface area contributed by atoms with Gasteiger partial charge in [-0.2, -0.15) is 0 Å². The molecule has 1 amide bonds. The van der Waals surface area contributed by atoms with Gasteiger partial charge in [0.2, 0.25) is 5.91 Å².